The first-order valence-corrected chi connectivity index (χ1v) is 6.94. The number of hydrogen-bond acceptors (Lipinski definition) is 4. The minimum Gasteiger partial charge on any atom is -0.396 e. The summed E-state index contributed by atoms with van der Waals surface area (Å²) in [5.41, 5.74) is 6.44. The van der Waals surface area contributed by atoms with Crippen molar-refractivity contribution in [2.45, 2.75) is 37.8 Å². The zero-order valence-corrected chi connectivity index (χ0v) is 11.2. The number of nitrogens with two attached hydrogens (primary N) is 1. The van der Waals surface area contributed by atoms with Crippen LogP contribution >= 0.6 is 0 Å². The second kappa shape index (κ2) is 4.85. The van der Waals surface area contributed by atoms with Crippen molar-refractivity contribution in [1.29, 1.82) is 0 Å². The summed E-state index contributed by atoms with van der Waals surface area (Å²) in [5.74, 6) is 0.433. The van der Waals surface area contributed by atoms with E-state index in [-0.39, 0.29) is 5.91 Å². The molecule has 0 radical (unpaired) electrons. The molecule has 19 heavy (non-hydrogen) atoms. The number of nitrogens with zero attached hydrogens (tertiary/aromatic N) is 2. The molecule has 0 aromatic carbocycles. The Kier molecular flexibility index (Phi) is 3.18. The molecule has 6 nitrogen and oxygen atoms in total. The van der Waals surface area contributed by atoms with Gasteiger partial charge in [0.25, 0.3) is 5.91 Å². The lowest BCUT2D eigenvalue weighted by Crippen LogP contribution is -2.43. The summed E-state index contributed by atoms with van der Waals surface area (Å²) < 4.78 is 0. The number of nitrogens with one attached hydrogen (secondary N) is 2. The van der Waals surface area contributed by atoms with Gasteiger partial charge < -0.3 is 16.0 Å². The second-order valence-corrected chi connectivity index (χ2v) is 5.80. The van der Waals surface area contributed by atoms with Crippen LogP contribution in [0.25, 0.3) is 0 Å². The van der Waals surface area contributed by atoms with Crippen molar-refractivity contribution in [3.8, 4) is 0 Å². The molecule has 1 aromatic rings. The highest BCUT2D eigenvalue weighted by Crippen LogP contribution is 2.36. The first kappa shape index (κ1) is 12.5. The molecule has 2 aliphatic heterocycles. The molecule has 4 N–H and O–H groups in total. The van der Waals surface area contributed by atoms with E-state index in [1.165, 1.54) is 31.9 Å². The minimum absolute atomic E-state index is 0.152. The summed E-state index contributed by atoms with van der Waals surface area (Å²) in [7, 11) is 2.22. The Hall–Kier alpha value is -1.56. The molecule has 2 bridgehead atoms. The number of nitrogen functional groups attached to an aromatic ring is 1. The van der Waals surface area contributed by atoms with Crippen LogP contribution in [0.15, 0.2) is 6.20 Å². The van der Waals surface area contributed by atoms with E-state index in [2.05, 4.69) is 27.5 Å². The van der Waals surface area contributed by atoms with Gasteiger partial charge in [-0.1, -0.05) is 0 Å². The van der Waals surface area contributed by atoms with Crippen LogP contribution in [0.3, 0.4) is 0 Å². The van der Waals surface area contributed by atoms with Crippen LogP contribution in [0.4, 0.5) is 5.69 Å². The average Bonchev–Trinajstić information content (AvgIpc) is 2.87. The molecule has 3 rings (SSSR count). The molecular weight excluding hydrogens is 242 g/mol. The highest BCUT2D eigenvalue weighted by atomic mass is 16.1. The third-order valence-corrected chi connectivity index (χ3v) is 4.64. The van der Waals surface area contributed by atoms with Gasteiger partial charge in [-0.25, -0.2) is 0 Å². The van der Waals surface area contributed by atoms with Crippen LogP contribution in [0.5, 0.6) is 0 Å². The largest absolute Gasteiger partial charge is 0.396 e. The van der Waals surface area contributed by atoms with Crippen LogP contribution in [0.1, 0.15) is 36.2 Å². The van der Waals surface area contributed by atoms with Gasteiger partial charge in [-0.15, -0.1) is 0 Å². The van der Waals surface area contributed by atoms with Gasteiger partial charge in [0.15, 0.2) is 0 Å². The van der Waals surface area contributed by atoms with E-state index in [0.29, 0.717) is 29.4 Å². The number of carbonyl (C=O) groups excluding carboxylic acids is 1. The van der Waals surface area contributed by atoms with Crippen molar-refractivity contribution in [2.24, 2.45) is 5.92 Å². The Morgan fingerprint density at radius 3 is 2.79 bits per heavy atom. The van der Waals surface area contributed by atoms with Gasteiger partial charge in [-0.2, -0.15) is 5.10 Å². The van der Waals surface area contributed by atoms with Gasteiger partial charge in [0.2, 0.25) is 0 Å². The highest BCUT2D eigenvalue weighted by Gasteiger charge is 2.38. The van der Waals surface area contributed by atoms with E-state index in [0.717, 1.165) is 6.54 Å². The molecule has 0 spiro atoms. The van der Waals surface area contributed by atoms with Crippen molar-refractivity contribution in [3.05, 3.63) is 11.9 Å². The van der Waals surface area contributed by atoms with Crippen LogP contribution in [0.2, 0.25) is 0 Å². The number of anilines is 1. The number of hydrogen-bond donors (Lipinski definition) is 3. The maximum atomic E-state index is 11.9. The van der Waals surface area contributed by atoms with Crippen LogP contribution in [-0.2, 0) is 0 Å². The summed E-state index contributed by atoms with van der Waals surface area (Å²) >= 11 is 0. The van der Waals surface area contributed by atoms with Crippen molar-refractivity contribution >= 4 is 11.6 Å². The van der Waals surface area contributed by atoms with Gasteiger partial charge in [-0.3, -0.25) is 9.89 Å². The molecule has 3 heterocycles. The lowest BCUT2D eigenvalue weighted by molar-refractivity contribution is 0.0913. The maximum absolute atomic E-state index is 11.9. The van der Waals surface area contributed by atoms with Gasteiger partial charge in [-0.05, 0) is 38.6 Å². The molecule has 2 saturated heterocycles. The maximum Gasteiger partial charge on any atom is 0.271 e. The number of carbonyl (C=O) groups is 1. The summed E-state index contributed by atoms with van der Waals surface area (Å²) in [6.07, 6.45) is 6.44. The molecule has 1 amide bonds. The summed E-state index contributed by atoms with van der Waals surface area (Å²) in [6, 6.07) is 1.41. The van der Waals surface area contributed by atoms with Gasteiger partial charge in [0.05, 0.1) is 11.9 Å². The smallest absolute Gasteiger partial charge is 0.271 e. The van der Waals surface area contributed by atoms with Crippen LogP contribution in [0, 0.1) is 5.92 Å². The Morgan fingerprint density at radius 1 is 1.53 bits per heavy atom. The van der Waals surface area contributed by atoms with Crippen molar-refractivity contribution in [2.75, 3.05) is 19.3 Å². The first-order valence-electron chi connectivity index (χ1n) is 6.94. The van der Waals surface area contributed by atoms with E-state index in [9.17, 15) is 4.79 Å². The number of amides is 1. The van der Waals surface area contributed by atoms with Gasteiger partial charge in [0.1, 0.15) is 5.69 Å². The van der Waals surface area contributed by atoms with Crippen LogP contribution in [-0.4, -0.2) is 46.7 Å². The number of aromatic nitrogens is 2. The summed E-state index contributed by atoms with van der Waals surface area (Å²) in [6.45, 7) is 0.734. The van der Waals surface area contributed by atoms with Crippen LogP contribution < -0.4 is 11.1 Å². The zero-order valence-electron chi connectivity index (χ0n) is 11.2. The van der Waals surface area contributed by atoms with E-state index in [1.54, 1.807) is 0 Å². The summed E-state index contributed by atoms with van der Waals surface area (Å²) in [4.78, 5) is 14.4. The topological polar surface area (TPSA) is 87.0 Å². The van der Waals surface area contributed by atoms with Crippen molar-refractivity contribution in [1.82, 2.24) is 20.4 Å². The Morgan fingerprint density at radius 2 is 2.21 bits per heavy atom. The van der Waals surface area contributed by atoms with Gasteiger partial charge >= 0.3 is 0 Å². The molecule has 2 unspecified atom stereocenters. The predicted octanol–water partition coefficient (Wildman–Crippen LogP) is 0.594. The normalized spacial score (nSPS) is 30.5. The molecule has 0 aliphatic carbocycles. The monoisotopic (exact) mass is 263 g/mol. The van der Waals surface area contributed by atoms with E-state index in [4.69, 9.17) is 5.73 Å². The SMILES string of the molecule is CN1C2CCC1CC(CNC(=O)c1[nH]ncc1N)C2. The van der Waals surface area contributed by atoms with Gasteiger partial charge in [0, 0.05) is 18.6 Å². The Labute approximate surface area is 112 Å². The number of fused-ring (bicyclic) bond motifs is 2. The van der Waals surface area contributed by atoms with Crippen molar-refractivity contribution < 1.29 is 4.79 Å². The minimum atomic E-state index is -0.152. The lowest BCUT2D eigenvalue weighted by atomic mass is 9.91. The highest BCUT2D eigenvalue weighted by molar-refractivity contribution is 5.96. The Balaban J connectivity index is 1.54. The molecule has 6 heteroatoms. The fourth-order valence-electron chi connectivity index (χ4n) is 3.49. The fourth-order valence-corrected chi connectivity index (χ4v) is 3.49. The third kappa shape index (κ3) is 2.32. The number of H-pyrrole nitrogens is 1. The first-order chi connectivity index (χ1) is 9.15. The number of aromatic amines is 1. The molecule has 104 valence electrons. The fraction of sp³-hybridized carbons (Fsp3) is 0.692. The summed E-state index contributed by atoms with van der Waals surface area (Å²) in [5, 5.41) is 9.37. The molecular formula is C13H21N5O. The quantitative estimate of drug-likeness (QED) is 0.745. The molecule has 1 aromatic heterocycles. The number of piperidine rings is 1. The predicted molar refractivity (Wildman–Crippen MR) is 72.6 cm³/mol. The average molecular weight is 263 g/mol. The van der Waals surface area contributed by atoms with E-state index < -0.39 is 0 Å². The Bertz CT molecular complexity index is 457. The molecule has 0 saturated carbocycles. The number of rotatable bonds is 3. The molecule has 2 aliphatic rings. The zero-order chi connectivity index (χ0) is 13.4. The molecule has 2 atom stereocenters. The standard InChI is InChI=1S/C13H21N5O/c1-18-9-2-3-10(18)5-8(4-9)6-15-13(19)12-11(14)7-16-17-12/h7-10H,2-6,14H2,1H3,(H,15,19)(H,16,17). The molecule has 2 fully saturated rings. The van der Waals surface area contributed by atoms with E-state index in [1.807, 2.05) is 0 Å². The van der Waals surface area contributed by atoms with E-state index >= 15 is 0 Å². The lowest BCUT2D eigenvalue weighted by Gasteiger charge is -2.36. The van der Waals surface area contributed by atoms with Crippen molar-refractivity contribution in [3.63, 3.8) is 0 Å². The second-order valence-electron chi connectivity index (χ2n) is 5.80. The third-order valence-electron chi connectivity index (χ3n) is 4.64.